The molecule has 1 fully saturated rings. The molecule has 102 valence electrons. The second-order valence-corrected chi connectivity index (χ2v) is 6.33. The maximum Gasteiger partial charge on any atom is 0.203 e. The second-order valence-electron chi connectivity index (χ2n) is 5.33. The van der Waals surface area contributed by atoms with Gasteiger partial charge >= 0.3 is 0 Å². The minimum absolute atomic E-state index is 0.642. The van der Waals surface area contributed by atoms with Crippen molar-refractivity contribution in [2.75, 3.05) is 5.32 Å². The molecule has 2 aromatic heterocycles. The molecule has 1 saturated carbocycles. The molecule has 19 heavy (non-hydrogen) atoms. The maximum atomic E-state index is 4.48. The number of anilines is 1. The highest BCUT2D eigenvalue weighted by atomic mass is 32.1. The molecule has 0 spiro atoms. The molecule has 0 radical (unpaired) electrons. The third-order valence-corrected chi connectivity index (χ3v) is 5.03. The third-order valence-electron chi connectivity index (χ3n) is 4.01. The van der Waals surface area contributed by atoms with Gasteiger partial charge in [0.1, 0.15) is 0 Å². The topological polar surface area (TPSA) is 29.9 Å². The van der Waals surface area contributed by atoms with Crippen LogP contribution < -0.4 is 5.32 Å². The summed E-state index contributed by atoms with van der Waals surface area (Å²) in [6.45, 7) is 3.05. The highest BCUT2D eigenvalue weighted by Gasteiger charge is 2.17. The first-order chi connectivity index (χ1) is 9.34. The molecule has 1 N–H and O–H groups in total. The zero-order valence-electron chi connectivity index (χ0n) is 11.4. The Morgan fingerprint density at radius 2 is 2.21 bits per heavy atom. The van der Waals surface area contributed by atoms with Crippen LogP contribution in [0.2, 0.25) is 0 Å². The molecule has 1 aliphatic carbocycles. The molecule has 4 heteroatoms. The third kappa shape index (κ3) is 2.84. The lowest BCUT2D eigenvalue weighted by Crippen LogP contribution is -2.15. The van der Waals surface area contributed by atoms with Crippen LogP contribution in [0.15, 0.2) is 23.8 Å². The summed E-state index contributed by atoms with van der Waals surface area (Å²) in [7, 11) is 0. The van der Waals surface area contributed by atoms with Gasteiger partial charge in [0, 0.05) is 23.3 Å². The zero-order valence-corrected chi connectivity index (χ0v) is 12.2. The number of imidazole rings is 1. The van der Waals surface area contributed by atoms with E-state index in [0.717, 1.165) is 12.5 Å². The maximum absolute atomic E-state index is 4.48. The normalized spacial score (nSPS) is 16.7. The quantitative estimate of drug-likeness (QED) is 0.898. The summed E-state index contributed by atoms with van der Waals surface area (Å²) in [5, 5.41) is 5.65. The van der Waals surface area contributed by atoms with Crippen molar-refractivity contribution in [2.24, 2.45) is 0 Å². The average Bonchev–Trinajstić information content (AvgIpc) is 3.06. The molecule has 3 nitrogen and oxygen atoms in total. The number of nitrogens with one attached hydrogen (secondary N) is 1. The molecule has 2 heterocycles. The van der Waals surface area contributed by atoms with Gasteiger partial charge in [-0.2, -0.15) is 0 Å². The first-order valence-corrected chi connectivity index (χ1v) is 8.02. The highest BCUT2D eigenvalue weighted by molar-refractivity contribution is 7.10. The van der Waals surface area contributed by atoms with Gasteiger partial charge in [-0.05, 0) is 36.8 Å². The van der Waals surface area contributed by atoms with Crippen LogP contribution in [0.3, 0.4) is 0 Å². The number of aromatic nitrogens is 2. The van der Waals surface area contributed by atoms with Gasteiger partial charge in [-0.15, -0.1) is 11.3 Å². The van der Waals surface area contributed by atoms with Crippen LogP contribution in [-0.4, -0.2) is 9.55 Å². The van der Waals surface area contributed by atoms with Crippen molar-refractivity contribution in [3.05, 3.63) is 34.3 Å². The van der Waals surface area contributed by atoms with Crippen LogP contribution in [0.25, 0.3) is 0 Å². The summed E-state index contributed by atoms with van der Waals surface area (Å²) in [4.78, 5) is 5.88. The van der Waals surface area contributed by atoms with Crippen molar-refractivity contribution in [1.29, 1.82) is 0 Å². The van der Waals surface area contributed by atoms with Crippen molar-refractivity contribution in [2.45, 2.75) is 51.6 Å². The molecule has 0 atom stereocenters. The van der Waals surface area contributed by atoms with Crippen molar-refractivity contribution in [1.82, 2.24) is 9.55 Å². The SMILES string of the molecule is Cc1ccsc1CNc1nccn1C1CCCCC1. The van der Waals surface area contributed by atoms with Crippen molar-refractivity contribution >= 4 is 17.3 Å². The molecule has 3 rings (SSSR count). The molecule has 0 unspecified atom stereocenters. The molecule has 0 saturated heterocycles. The van der Waals surface area contributed by atoms with Gasteiger partial charge in [-0.25, -0.2) is 4.98 Å². The Balaban J connectivity index is 1.68. The Bertz CT molecular complexity index is 523. The van der Waals surface area contributed by atoms with Crippen molar-refractivity contribution < 1.29 is 0 Å². The number of hydrogen-bond donors (Lipinski definition) is 1. The minimum atomic E-state index is 0.642. The molecular formula is C15H21N3S. The fourth-order valence-corrected chi connectivity index (χ4v) is 3.69. The monoisotopic (exact) mass is 275 g/mol. The van der Waals surface area contributed by atoms with Crippen molar-refractivity contribution in [3.8, 4) is 0 Å². The van der Waals surface area contributed by atoms with Crippen LogP contribution in [-0.2, 0) is 6.54 Å². The standard InChI is InChI=1S/C15H21N3S/c1-12-7-10-19-14(12)11-17-15-16-8-9-18(15)13-5-3-2-4-6-13/h7-10,13H,2-6,11H2,1H3,(H,16,17). The Kier molecular flexibility index (Phi) is 3.87. The van der Waals surface area contributed by atoms with E-state index in [-0.39, 0.29) is 0 Å². The van der Waals surface area contributed by atoms with Gasteiger partial charge in [0.05, 0.1) is 6.54 Å². The average molecular weight is 275 g/mol. The van der Waals surface area contributed by atoms with E-state index in [1.807, 2.05) is 17.5 Å². The van der Waals surface area contributed by atoms with E-state index in [1.165, 1.54) is 42.5 Å². The summed E-state index contributed by atoms with van der Waals surface area (Å²) in [6.07, 6.45) is 10.7. The molecule has 2 aromatic rings. The van der Waals surface area contributed by atoms with Crippen LogP contribution in [0.5, 0.6) is 0 Å². The predicted molar refractivity (Wildman–Crippen MR) is 80.7 cm³/mol. The number of rotatable bonds is 4. The lowest BCUT2D eigenvalue weighted by molar-refractivity contribution is 0.356. The van der Waals surface area contributed by atoms with E-state index in [2.05, 4.69) is 39.4 Å². The van der Waals surface area contributed by atoms with E-state index < -0.39 is 0 Å². The van der Waals surface area contributed by atoms with E-state index >= 15 is 0 Å². The lowest BCUT2D eigenvalue weighted by atomic mass is 9.95. The Morgan fingerprint density at radius 1 is 1.37 bits per heavy atom. The lowest BCUT2D eigenvalue weighted by Gasteiger charge is -2.24. The van der Waals surface area contributed by atoms with E-state index in [4.69, 9.17) is 0 Å². The minimum Gasteiger partial charge on any atom is -0.351 e. The van der Waals surface area contributed by atoms with E-state index in [9.17, 15) is 0 Å². The van der Waals surface area contributed by atoms with Gasteiger partial charge in [0.2, 0.25) is 5.95 Å². The van der Waals surface area contributed by atoms with Crippen LogP contribution >= 0.6 is 11.3 Å². The van der Waals surface area contributed by atoms with E-state index in [0.29, 0.717) is 6.04 Å². The molecule has 0 bridgehead atoms. The summed E-state index contributed by atoms with van der Waals surface area (Å²) < 4.78 is 2.34. The fourth-order valence-electron chi connectivity index (χ4n) is 2.85. The summed E-state index contributed by atoms with van der Waals surface area (Å²) in [6, 6.07) is 2.82. The largest absolute Gasteiger partial charge is 0.351 e. The predicted octanol–water partition coefficient (Wildman–Crippen LogP) is 4.37. The number of aryl methyl sites for hydroxylation is 1. The van der Waals surface area contributed by atoms with Gasteiger partial charge in [-0.1, -0.05) is 19.3 Å². The summed E-state index contributed by atoms with van der Waals surface area (Å²) >= 11 is 1.81. The smallest absolute Gasteiger partial charge is 0.203 e. The van der Waals surface area contributed by atoms with Gasteiger partial charge in [0.15, 0.2) is 0 Å². The fraction of sp³-hybridized carbons (Fsp3) is 0.533. The first kappa shape index (κ1) is 12.7. The van der Waals surface area contributed by atoms with Gasteiger partial charge in [0.25, 0.3) is 0 Å². The van der Waals surface area contributed by atoms with E-state index in [1.54, 1.807) is 0 Å². The highest BCUT2D eigenvalue weighted by Crippen LogP contribution is 2.30. The van der Waals surface area contributed by atoms with Crippen LogP contribution in [0.1, 0.15) is 48.6 Å². The Hall–Kier alpha value is -1.29. The molecular weight excluding hydrogens is 254 g/mol. The van der Waals surface area contributed by atoms with Crippen LogP contribution in [0.4, 0.5) is 5.95 Å². The van der Waals surface area contributed by atoms with Gasteiger partial charge in [-0.3, -0.25) is 0 Å². The number of thiophene rings is 1. The molecule has 0 aliphatic heterocycles. The Labute approximate surface area is 118 Å². The second kappa shape index (κ2) is 5.78. The molecule has 1 aliphatic rings. The first-order valence-electron chi connectivity index (χ1n) is 7.14. The van der Waals surface area contributed by atoms with Gasteiger partial charge < -0.3 is 9.88 Å². The molecule has 0 amide bonds. The number of hydrogen-bond acceptors (Lipinski definition) is 3. The van der Waals surface area contributed by atoms with Crippen molar-refractivity contribution in [3.63, 3.8) is 0 Å². The number of nitrogens with zero attached hydrogens (tertiary/aromatic N) is 2. The Morgan fingerprint density at radius 3 is 2.95 bits per heavy atom. The zero-order chi connectivity index (χ0) is 13.1. The summed E-state index contributed by atoms with van der Waals surface area (Å²) in [5.41, 5.74) is 1.37. The van der Waals surface area contributed by atoms with Crippen LogP contribution in [0, 0.1) is 6.92 Å². The summed E-state index contributed by atoms with van der Waals surface area (Å²) in [5.74, 6) is 1.03. The molecule has 0 aromatic carbocycles.